The number of aromatic nitrogens is 2. The monoisotopic (exact) mass is 313 g/mol. The van der Waals surface area contributed by atoms with Crippen LogP contribution in [0.2, 0.25) is 0 Å². The summed E-state index contributed by atoms with van der Waals surface area (Å²) in [6, 6.07) is 9.58. The van der Waals surface area contributed by atoms with E-state index in [1.165, 1.54) is 10.9 Å². The normalized spacial score (nSPS) is 11.7. The van der Waals surface area contributed by atoms with E-state index in [4.69, 9.17) is 5.11 Å². The molecule has 2 rings (SSSR count). The fourth-order valence-electron chi connectivity index (χ4n) is 2.18. The highest BCUT2D eigenvalue weighted by molar-refractivity contribution is 5.44. The topological polar surface area (TPSA) is 41.3 Å². The van der Waals surface area contributed by atoms with Crippen molar-refractivity contribution in [3.05, 3.63) is 47.8 Å². The van der Waals surface area contributed by atoms with Crippen molar-refractivity contribution in [1.29, 1.82) is 0 Å². The maximum absolute atomic E-state index is 12.9. The molecule has 0 amide bonds. The van der Waals surface area contributed by atoms with E-state index >= 15 is 0 Å². The van der Waals surface area contributed by atoms with Crippen molar-refractivity contribution in [2.24, 2.45) is 0 Å². The lowest BCUT2D eigenvalue weighted by atomic mass is 10.2. The third-order valence-electron chi connectivity index (χ3n) is 3.35. The van der Waals surface area contributed by atoms with Gasteiger partial charge in [0.2, 0.25) is 0 Å². The van der Waals surface area contributed by atoms with Gasteiger partial charge in [-0.1, -0.05) is 18.2 Å². The molecule has 1 aromatic heterocycles. The molecule has 0 unspecified atom stereocenters. The second kappa shape index (κ2) is 6.83. The second-order valence-electron chi connectivity index (χ2n) is 4.99. The third-order valence-corrected chi connectivity index (χ3v) is 3.35. The van der Waals surface area contributed by atoms with E-state index in [1.807, 2.05) is 42.3 Å². The predicted octanol–water partition coefficient (Wildman–Crippen LogP) is 2.57. The molecule has 0 bridgehead atoms. The zero-order valence-corrected chi connectivity index (χ0v) is 12.2. The average molecular weight is 313 g/mol. The van der Waals surface area contributed by atoms with Crippen molar-refractivity contribution in [2.45, 2.75) is 19.1 Å². The highest BCUT2D eigenvalue weighted by Gasteiger charge is 2.36. The number of rotatable bonds is 6. The Morgan fingerprint density at radius 3 is 2.50 bits per heavy atom. The maximum atomic E-state index is 12.9. The van der Waals surface area contributed by atoms with Gasteiger partial charge in [-0.2, -0.15) is 18.3 Å². The Balaban J connectivity index is 2.07. The Kier molecular flexibility index (Phi) is 5.07. The van der Waals surface area contributed by atoms with Crippen LogP contribution in [0.25, 0.3) is 0 Å². The molecule has 1 heterocycles. The van der Waals surface area contributed by atoms with Gasteiger partial charge in [0.1, 0.15) is 0 Å². The molecular weight excluding hydrogens is 295 g/mol. The fourth-order valence-corrected chi connectivity index (χ4v) is 2.18. The van der Waals surface area contributed by atoms with E-state index in [9.17, 15) is 13.2 Å². The van der Waals surface area contributed by atoms with Gasteiger partial charge in [-0.15, -0.1) is 0 Å². The molecule has 0 radical (unpaired) electrons. The highest BCUT2D eigenvalue weighted by Crippen LogP contribution is 2.30. The summed E-state index contributed by atoms with van der Waals surface area (Å²) in [5, 5.41) is 12.5. The fraction of sp³-hybridized carbons (Fsp3) is 0.400. The van der Waals surface area contributed by atoms with Crippen LogP contribution in [-0.4, -0.2) is 35.1 Å². The number of nitrogens with zero attached hydrogens (tertiary/aromatic N) is 3. The molecule has 0 aliphatic carbocycles. The molecule has 0 aliphatic heterocycles. The number of alkyl halides is 3. The summed E-state index contributed by atoms with van der Waals surface area (Å²) >= 11 is 0. The van der Waals surface area contributed by atoms with Crippen molar-refractivity contribution in [3.63, 3.8) is 0 Å². The summed E-state index contributed by atoms with van der Waals surface area (Å²) in [5.74, 6) is 0. The molecule has 1 N–H and O–H groups in total. The van der Waals surface area contributed by atoms with Gasteiger partial charge >= 0.3 is 6.18 Å². The summed E-state index contributed by atoms with van der Waals surface area (Å²) in [7, 11) is 1.87. The van der Waals surface area contributed by atoms with E-state index in [2.05, 4.69) is 5.10 Å². The number of aliphatic hydroxyl groups excluding tert-OH is 1. The summed E-state index contributed by atoms with van der Waals surface area (Å²) in [5.41, 5.74) is 0.0996. The Hall–Kier alpha value is -2.02. The lowest BCUT2D eigenvalue weighted by molar-refractivity contribution is -0.142. The summed E-state index contributed by atoms with van der Waals surface area (Å²) in [4.78, 5) is 1.95. The Morgan fingerprint density at radius 1 is 1.23 bits per heavy atom. The van der Waals surface area contributed by atoms with Gasteiger partial charge in [-0.05, 0) is 18.6 Å². The van der Waals surface area contributed by atoms with Crippen molar-refractivity contribution >= 4 is 5.69 Å². The van der Waals surface area contributed by atoms with Crippen LogP contribution in [0, 0.1) is 0 Å². The molecule has 0 fully saturated rings. The quantitative estimate of drug-likeness (QED) is 0.891. The van der Waals surface area contributed by atoms with E-state index in [0.717, 1.165) is 5.69 Å². The van der Waals surface area contributed by atoms with Gasteiger partial charge in [0.15, 0.2) is 5.69 Å². The van der Waals surface area contributed by atoms with Crippen molar-refractivity contribution < 1.29 is 18.3 Å². The number of likely N-dealkylation sites (N-methyl/N-ethyl adjacent to an activating group) is 1. The molecule has 0 atom stereocenters. The van der Waals surface area contributed by atoms with Crippen LogP contribution in [0.5, 0.6) is 0 Å². The number of halogens is 3. The average Bonchev–Trinajstić information content (AvgIpc) is 2.89. The molecule has 0 spiro atoms. The molecule has 7 heteroatoms. The summed E-state index contributed by atoms with van der Waals surface area (Å²) in [6.45, 7) is 0.528. The number of hydrogen-bond donors (Lipinski definition) is 1. The number of hydrogen-bond acceptors (Lipinski definition) is 3. The van der Waals surface area contributed by atoms with Crippen LogP contribution >= 0.6 is 0 Å². The molecule has 4 nitrogen and oxygen atoms in total. The second-order valence-corrected chi connectivity index (χ2v) is 4.99. The lowest BCUT2D eigenvalue weighted by Crippen LogP contribution is -2.23. The number of para-hydroxylation sites is 1. The zero-order chi connectivity index (χ0) is 16.2. The van der Waals surface area contributed by atoms with Crippen LogP contribution < -0.4 is 4.90 Å². The third kappa shape index (κ3) is 4.00. The molecule has 2 aromatic rings. The zero-order valence-electron chi connectivity index (χ0n) is 12.2. The minimum Gasteiger partial charge on any atom is -0.396 e. The van der Waals surface area contributed by atoms with Crippen molar-refractivity contribution in [1.82, 2.24) is 9.78 Å². The molecule has 0 saturated heterocycles. The van der Waals surface area contributed by atoms with Crippen LogP contribution in [0.1, 0.15) is 11.3 Å². The van der Waals surface area contributed by atoms with Crippen LogP contribution in [0.3, 0.4) is 0 Å². The maximum Gasteiger partial charge on any atom is 0.435 e. The largest absolute Gasteiger partial charge is 0.435 e. The first kappa shape index (κ1) is 16.4. The summed E-state index contributed by atoms with van der Waals surface area (Å²) in [6.07, 6.45) is -3.19. The SMILES string of the molecule is CN(CCn1cc(CCO)c(C(F)(F)F)n1)c1ccccc1. The molecule has 120 valence electrons. The first-order chi connectivity index (χ1) is 10.4. The lowest BCUT2D eigenvalue weighted by Gasteiger charge is -2.19. The molecule has 0 saturated carbocycles. The van der Waals surface area contributed by atoms with Crippen molar-refractivity contribution in [2.75, 3.05) is 25.1 Å². The van der Waals surface area contributed by atoms with Gasteiger partial charge < -0.3 is 10.0 Å². The van der Waals surface area contributed by atoms with E-state index < -0.39 is 11.9 Å². The van der Waals surface area contributed by atoms with Gasteiger partial charge in [0, 0.05) is 37.6 Å². The minimum atomic E-state index is -4.50. The molecular formula is C15H18F3N3O. The minimum absolute atomic E-state index is 0.0253. The molecule has 1 aromatic carbocycles. The van der Waals surface area contributed by atoms with Crippen LogP contribution in [0.15, 0.2) is 36.5 Å². The van der Waals surface area contributed by atoms with E-state index in [-0.39, 0.29) is 18.6 Å². The van der Waals surface area contributed by atoms with Crippen LogP contribution in [-0.2, 0) is 19.1 Å². The van der Waals surface area contributed by atoms with Crippen molar-refractivity contribution in [3.8, 4) is 0 Å². The highest BCUT2D eigenvalue weighted by atomic mass is 19.4. The van der Waals surface area contributed by atoms with Gasteiger partial charge in [-0.25, -0.2) is 0 Å². The Bertz CT molecular complexity index is 596. The predicted molar refractivity (Wildman–Crippen MR) is 77.7 cm³/mol. The summed E-state index contributed by atoms with van der Waals surface area (Å²) < 4.78 is 39.9. The Labute approximate surface area is 126 Å². The van der Waals surface area contributed by atoms with Gasteiger partial charge in [0.05, 0.1) is 6.54 Å². The number of benzene rings is 1. The standard InChI is InChI=1S/C15H18F3N3O/c1-20(13-5-3-2-4-6-13)8-9-21-11-12(7-10-22)14(19-21)15(16,17)18/h2-6,11,22H,7-10H2,1H3. The van der Waals surface area contributed by atoms with Gasteiger partial charge in [-0.3, -0.25) is 4.68 Å². The van der Waals surface area contributed by atoms with Gasteiger partial charge in [0.25, 0.3) is 0 Å². The van der Waals surface area contributed by atoms with Crippen LogP contribution in [0.4, 0.5) is 18.9 Å². The Morgan fingerprint density at radius 2 is 1.91 bits per heavy atom. The first-order valence-electron chi connectivity index (χ1n) is 6.92. The molecule has 22 heavy (non-hydrogen) atoms. The molecule has 0 aliphatic rings. The van der Waals surface area contributed by atoms with E-state index in [1.54, 1.807) is 0 Å². The number of anilines is 1. The number of aliphatic hydroxyl groups is 1. The van der Waals surface area contributed by atoms with E-state index in [0.29, 0.717) is 13.1 Å². The first-order valence-corrected chi connectivity index (χ1v) is 6.92. The smallest absolute Gasteiger partial charge is 0.396 e.